The Bertz CT molecular complexity index is 1470. The van der Waals surface area contributed by atoms with Crippen LogP contribution in [0.4, 0.5) is 15.8 Å². The molecular formula is C22H14ClFN4O4. The van der Waals surface area contributed by atoms with E-state index in [1.807, 2.05) is 0 Å². The maximum absolute atomic E-state index is 14.4. The molecule has 0 fully saturated rings. The zero-order chi connectivity index (χ0) is 23.0. The molecule has 1 amide bonds. The van der Waals surface area contributed by atoms with E-state index < -0.39 is 16.6 Å². The quantitative estimate of drug-likeness (QED) is 0.358. The number of nitrogens with one attached hydrogen (secondary N) is 1. The van der Waals surface area contributed by atoms with Crippen LogP contribution in [0, 0.1) is 22.9 Å². The van der Waals surface area contributed by atoms with Crippen LogP contribution in [0.5, 0.6) is 0 Å². The van der Waals surface area contributed by atoms with E-state index in [2.05, 4.69) is 10.3 Å². The lowest BCUT2D eigenvalue weighted by atomic mass is 10.1. The number of anilines is 1. The SMILES string of the molecule is Cc1nc2ccccc2c(=O)n1-c1ccc(F)c(NC(=O)c2ccc([N+](=O)[O-])cc2Cl)c1. The highest BCUT2D eigenvalue weighted by Crippen LogP contribution is 2.25. The zero-order valence-corrected chi connectivity index (χ0v) is 17.3. The fourth-order valence-electron chi connectivity index (χ4n) is 3.29. The molecule has 4 rings (SSSR count). The van der Waals surface area contributed by atoms with E-state index >= 15 is 0 Å². The highest BCUT2D eigenvalue weighted by atomic mass is 35.5. The van der Waals surface area contributed by atoms with Gasteiger partial charge in [-0.3, -0.25) is 24.3 Å². The van der Waals surface area contributed by atoms with Gasteiger partial charge in [0.05, 0.1) is 37.8 Å². The van der Waals surface area contributed by atoms with Crippen molar-refractivity contribution in [2.75, 3.05) is 5.32 Å². The van der Waals surface area contributed by atoms with Gasteiger partial charge in [0.15, 0.2) is 0 Å². The van der Waals surface area contributed by atoms with Crippen molar-refractivity contribution < 1.29 is 14.1 Å². The Kier molecular flexibility index (Phi) is 5.41. The number of carbonyl (C=O) groups is 1. The van der Waals surface area contributed by atoms with E-state index in [-0.39, 0.29) is 27.5 Å². The summed E-state index contributed by atoms with van der Waals surface area (Å²) < 4.78 is 15.8. The molecule has 10 heteroatoms. The van der Waals surface area contributed by atoms with Crippen LogP contribution in [0.2, 0.25) is 5.02 Å². The molecule has 1 N–H and O–H groups in total. The first kappa shape index (κ1) is 21.1. The molecule has 0 aliphatic heterocycles. The molecule has 0 spiro atoms. The predicted molar refractivity (Wildman–Crippen MR) is 118 cm³/mol. The van der Waals surface area contributed by atoms with Crippen LogP contribution in [-0.2, 0) is 0 Å². The summed E-state index contributed by atoms with van der Waals surface area (Å²) in [5, 5.41) is 13.5. The second-order valence-corrected chi connectivity index (χ2v) is 7.26. The van der Waals surface area contributed by atoms with Crippen molar-refractivity contribution in [1.82, 2.24) is 9.55 Å². The molecule has 160 valence electrons. The molecule has 0 saturated heterocycles. The Morgan fingerprint density at radius 3 is 2.62 bits per heavy atom. The van der Waals surface area contributed by atoms with Crippen molar-refractivity contribution in [3.05, 3.63) is 103 Å². The van der Waals surface area contributed by atoms with Crippen LogP contribution in [0.3, 0.4) is 0 Å². The lowest BCUT2D eigenvalue weighted by Gasteiger charge is -2.13. The van der Waals surface area contributed by atoms with Gasteiger partial charge in [0.2, 0.25) is 0 Å². The minimum absolute atomic E-state index is 0.0669. The smallest absolute Gasteiger partial charge is 0.270 e. The van der Waals surface area contributed by atoms with Crippen molar-refractivity contribution >= 4 is 39.8 Å². The van der Waals surface area contributed by atoms with Gasteiger partial charge in [0.25, 0.3) is 17.2 Å². The third-order valence-corrected chi connectivity index (χ3v) is 5.12. The number of carbonyl (C=O) groups excluding carboxylic acids is 1. The number of halogens is 2. The number of para-hydroxylation sites is 1. The molecule has 0 atom stereocenters. The number of benzene rings is 3. The van der Waals surface area contributed by atoms with E-state index in [1.54, 1.807) is 31.2 Å². The number of nitrogens with zero attached hydrogens (tertiary/aromatic N) is 3. The number of aromatic nitrogens is 2. The minimum atomic E-state index is -0.762. The zero-order valence-electron chi connectivity index (χ0n) is 16.5. The number of amides is 1. The first-order valence-corrected chi connectivity index (χ1v) is 9.67. The average Bonchev–Trinajstić information content (AvgIpc) is 2.75. The molecule has 0 radical (unpaired) electrons. The van der Waals surface area contributed by atoms with Gasteiger partial charge in [0, 0.05) is 12.1 Å². The fourth-order valence-corrected chi connectivity index (χ4v) is 3.55. The molecule has 0 bridgehead atoms. The summed E-state index contributed by atoms with van der Waals surface area (Å²) in [6, 6.07) is 14.0. The summed E-state index contributed by atoms with van der Waals surface area (Å²) in [5.74, 6) is -1.11. The predicted octanol–water partition coefficient (Wildman–Crippen LogP) is 4.65. The molecular weight excluding hydrogens is 439 g/mol. The highest BCUT2D eigenvalue weighted by Gasteiger charge is 2.18. The number of hydrogen-bond donors (Lipinski definition) is 1. The summed E-state index contributed by atoms with van der Waals surface area (Å²) in [6.45, 7) is 1.64. The summed E-state index contributed by atoms with van der Waals surface area (Å²) in [6.07, 6.45) is 0. The second-order valence-electron chi connectivity index (χ2n) is 6.86. The van der Waals surface area contributed by atoms with Gasteiger partial charge in [-0.05, 0) is 43.3 Å². The van der Waals surface area contributed by atoms with Crippen LogP contribution in [0.25, 0.3) is 16.6 Å². The fraction of sp³-hybridized carbons (Fsp3) is 0.0455. The van der Waals surface area contributed by atoms with Gasteiger partial charge in [-0.1, -0.05) is 23.7 Å². The lowest BCUT2D eigenvalue weighted by Crippen LogP contribution is -2.22. The van der Waals surface area contributed by atoms with Crippen molar-refractivity contribution in [2.24, 2.45) is 0 Å². The molecule has 3 aromatic carbocycles. The van der Waals surface area contributed by atoms with Gasteiger partial charge in [-0.15, -0.1) is 0 Å². The molecule has 0 aliphatic carbocycles. The number of nitro groups is 1. The second kappa shape index (κ2) is 8.20. The molecule has 0 unspecified atom stereocenters. The van der Waals surface area contributed by atoms with Crippen molar-refractivity contribution in [1.29, 1.82) is 0 Å². The van der Waals surface area contributed by atoms with Gasteiger partial charge < -0.3 is 5.32 Å². The maximum atomic E-state index is 14.4. The lowest BCUT2D eigenvalue weighted by molar-refractivity contribution is -0.384. The average molecular weight is 453 g/mol. The number of rotatable bonds is 4. The third kappa shape index (κ3) is 3.81. The molecule has 4 aromatic rings. The molecule has 1 heterocycles. The summed E-state index contributed by atoms with van der Waals surface area (Å²) in [4.78, 5) is 40.2. The van der Waals surface area contributed by atoms with Crippen LogP contribution in [-0.4, -0.2) is 20.4 Å². The van der Waals surface area contributed by atoms with Crippen LogP contribution in [0.1, 0.15) is 16.2 Å². The van der Waals surface area contributed by atoms with Gasteiger partial charge in [0.1, 0.15) is 11.6 Å². The number of fused-ring (bicyclic) bond motifs is 1. The first-order valence-electron chi connectivity index (χ1n) is 9.30. The molecule has 0 aliphatic rings. The maximum Gasteiger partial charge on any atom is 0.270 e. The molecule has 32 heavy (non-hydrogen) atoms. The van der Waals surface area contributed by atoms with E-state index in [0.717, 1.165) is 18.2 Å². The number of aryl methyl sites for hydroxylation is 1. The first-order chi connectivity index (χ1) is 15.3. The van der Waals surface area contributed by atoms with E-state index in [0.29, 0.717) is 22.4 Å². The summed E-state index contributed by atoms with van der Waals surface area (Å²) >= 11 is 5.99. The minimum Gasteiger partial charge on any atom is -0.319 e. The molecule has 8 nitrogen and oxygen atoms in total. The Morgan fingerprint density at radius 2 is 1.91 bits per heavy atom. The van der Waals surface area contributed by atoms with E-state index in [1.165, 1.54) is 22.8 Å². The number of hydrogen-bond acceptors (Lipinski definition) is 5. The van der Waals surface area contributed by atoms with Gasteiger partial charge in [-0.2, -0.15) is 0 Å². The van der Waals surface area contributed by atoms with Crippen molar-refractivity contribution in [2.45, 2.75) is 6.92 Å². The van der Waals surface area contributed by atoms with Crippen LogP contribution in [0.15, 0.2) is 65.5 Å². The van der Waals surface area contributed by atoms with E-state index in [4.69, 9.17) is 11.6 Å². The topological polar surface area (TPSA) is 107 Å². The van der Waals surface area contributed by atoms with Gasteiger partial charge >= 0.3 is 0 Å². The molecule has 1 aromatic heterocycles. The summed E-state index contributed by atoms with van der Waals surface area (Å²) in [7, 11) is 0. The standard InChI is InChI=1S/C22H14ClFN4O4/c1-12-25-19-5-3-2-4-16(19)22(30)27(12)13-7-9-18(24)20(11-13)26-21(29)15-8-6-14(28(31)32)10-17(15)23/h2-11H,1H3,(H,26,29). The Labute approximate surface area is 185 Å². The number of non-ortho nitro benzene ring substituents is 1. The number of nitro benzene ring substituents is 1. The highest BCUT2D eigenvalue weighted by molar-refractivity contribution is 6.34. The largest absolute Gasteiger partial charge is 0.319 e. The van der Waals surface area contributed by atoms with Crippen LogP contribution >= 0.6 is 11.6 Å². The normalized spacial score (nSPS) is 10.8. The van der Waals surface area contributed by atoms with Crippen molar-refractivity contribution in [3.8, 4) is 5.69 Å². The van der Waals surface area contributed by atoms with Crippen molar-refractivity contribution in [3.63, 3.8) is 0 Å². The van der Waals surface area contributed by atoms with E-state index in [9.17, 15) is 24.1 Å². The Balaban J connectivity index is 1.73. The monoisotopic (exact) mass is 452 g/mol. The Morgan fingerprint density at radius 1 is 1.16 bits per heavy atom. The summed E-state index contributed by atoms with van der Waals surface area (Å²) in [5.41, 5.74) is -0.0371. The Hall–Kier alpha value is -4.11. The van der Waals surface area contributed by atoms with Crippen LogP contribution < -0.4 is 10.9 Å². The molecule has 0 saturated carbocycles. The third-order valence-electron chi connectivity index (χ3n) is 4.81. The van der Waals surface area contributed by atoms with Gasteiger partial charge in [-0.25, -0.2) is 9.37 Å².